The van der Waals surface area contributed by atoms with Crippen LogP contribution in [0.2, 0.25) is 0 Å². The lowest BCUT2D eigenvalue weighted by atomic mass is 10.1. The number of rotatable bonds is 5. The van der Waals surface area contributed by atoms with Crippen LogP contribution in [0.5, 0.6) is 0 Å². The molecule has 0 aliphatic heterocycles. The number of aryl methyl sites for hydroxylation is 3. The number of sulfonamides is 1. The van der Waals surface area contributed by atoms with Crippen molar-refractivity contribution in [3.63, 3.8) is 0 Å². The highest BCUT2D eigenvalue weighted by molar-refractivity contribution is 7.89. The summed E-state index contributed by atoms with van der Waals surface area (Å²) in [6.45, 7) is 7.47. The van der Waals surface area contributed by atoms with Crippen molar-refractivity contribution in [2.75, 3.05) is 7.05 Å². The second-order valence-corrected chi connectivity index (χ2v) is 9.46. The van der Waals surface area contributed by atoms with E-state index in [0.29, 0.717) is 39.2 Å². The second-order valence-electron chi connectivity index (χ2n) is 7.52. The van der Waals surface area contributed by atoms with Crippen LogP contribution < -0.4 is 5.56 Å². The van der Waals surface area contributed by atoms with Crippen molar-refractivity contribution in [1.29, 1.82) is 0 Å². The molecular weight excluding hydrogens is 386 g/mol. The summed E-state index contributed by atoms with van der Waals surface area (Å²) in [6.07, 6.45) is 0.484. The summed E-state index contributed by atoms with van der Waals surface area (Å²) < 4.78 is 29.9. The lowest BCUT2D eigenvalue weighted by molar-refractivity contribution is 0.343. The summed E-state index contributed by atoms with van der Waals surface area (Å²) in [5, 5.41) is 0.518. The van der Waals surface area contributed by atoms with Gasteiger partial charge >= 0.3 is 0 Å². The smallest absolute Gasteiger partial charge is 0.261 e. The monoisotopic (exact) mass is 413 g/mol. The molecule has 6 nitrogen and oxygen atoms in total. The maximum Gasteiger partial charge on any atom is 0.261 e. The third kappa shape index (κ3) is 3.60. The molecule has 2 aromatic carbocycles. The van der Waals surface area contributed by atoms with Gasteiger partial charge in [-0.15, -0.1) is 0 Å². The summed E-state index contributed by atoms with van der Waals surface area (Å²) >= 11 is 0. The Morgan fingerprint density at radius 2 is 1.69 bits per heavy atom. The van der Waals surface area contributed by atoms with Gasteiger partial charge in [0.05, 0.1) is 21.8 Å². The Bertz CT molecular complexity index is 1220. The first-order valence-corrected chi connectivity index (χ1v) is 11.0. The van der Waals surface area contributed by atoms with Crippen LogP contribution in [-0.2, 0) is 17.1 Å². The van der Waals surface area contributed by atoms with Crippen LogP contribution in [0.3, 0.4) is 0 Å². The fourth-order valence-electron chi connectivity index (χ4n) is 4.02. The summed E-state index contributed by atoms with van der Waals surface area (Å²) in [7, 11) is -0.581. The molecule has 7 heteroatoms. The van der Waals surface area contributed by atoms with E-state index < -0.39 is 16.1 Å². The van der Waals surface area contributed by atoms with Gasteiger partial charge in [-0.05, 0) is 50.5 Å². The quantitative estimate of drug-likeness (QED) is 0.640. The first-order valence-electron chi connectivity index (χ1n) is 9.61. The van der Waals surface area contributed by atoms with Crippen LogP contribution in [0.15, 0.2) is 46.1 Å². The Morgan fingerprint density at radius 1 is 1.10 bits per heavy atom. The Morgan fingerprint density at radius 3 is 2.28 bits per heavy atom. The molecule has 154 valence electrons. The van der Waals surface area contributed by atoms with Crippen LogP contribution >= 0.6 is 0 Å². The van der Waals surface area contributed by atoms with Crippen LogP contribution in [0, 0.1) is 20.8 Å². The van der Waals surface area contributed by atoms with Gasteiger partial charge in [-0.25, -0.2) is 13.4 Å². The van der Waals surface area contributed by atoms with Gasteiger partial charge in [-0.3, -0.25) is 9.36 Å². The van der Waals surface area contributed by atoms with Crippen molar-refractivity contribution in [2.24, 2.45) is 7.05 Å². The standard InChI is InChI=1S/C22H27N3O3S/c1-7-19(21-23-18-11-9-8-10-17(18)22(26)24(21)5)25(6)29(27,28)20-15(3)12-14(2)13-16(20)4/h8-13,19H,7H2,1-6H3. The van der Waals surface area contributed by atoms with Gasteiger partial charge < -0.3 is 0 Å². The first kappa shape index (κ1) is 21.2. The fraction of sp³-hybridized carbons (Fsp3) is 0.364. The van der Waals surface area contributed by atoms with Gasteiger partial charge in [0.25, 0.3) is 5.56 Å². The lowest BCUT2D eigenvalue weighted by Crippen LogP contribution is -2.36. The number of benzene rings is 2. The molecule has 0 fully saturated rings. The van der Waals surface area contributed by atoms with Gasteiger partial charge in [0.2, 0.25) is 10.0 Å². The average molecular weight is 414 g/mol. The highest BCUT2D eigenvalue weighted by Gasteiger charge is 2.33. The molecule has 0 radical (unpaired) electrons. The van der Waals surface area contributed by atoms with E-state index >= 15 is 0 Å². The predicted octanol–water partition coefficient (Wildman–Crippen LogP) is 3.63. The second kappa shape index (κ2) is 7.72. The van der Waals surface area contributed by atoms with E-state index in [0.717, 1.165) is 5.56 Å². The molecule has 1 unspecified atom stereocenters. The molecule has 0 N–H and O–H groups in total. The molecule has 0 saturated carbocycles. The maximum absolute atomic E-state index is 13.5. The zero-order valence-electron chi connectivity index (χ0n) is 17.7. The number of hydrogen-bond acceptors (Lipinski definition) is 4. The van der Waals surface area contributed by atoms with E-state index in [9.17, 15) is 13.2 Å². The molecule has 0 bridgehead atoms. The van der Waals surface area contributed by atoms with Crippen molar-refractivity contribution >= 4 is 20.9 Å². The van der Waals surface area contributed by atoms with Crippen LogP contribution in [-0.4, -0.2) is 29.3 Å². The molecule has 1 aromatic heterocycles. The van der Waals surface area contributed by atoms with Gasteiger partial charge in [-0.2, -0.15) is 4.31 Å². The number of nitrogens with zero attached hydrogens (tertiary/aromatic N) is 3. The van der Waals surface area contributed by atoms with Crippen LogP contribution in [0.25, 0.3) is 10.9 Å². The number of fused-ring (bicyclic) bond motifs is 1. The van der Waals surface area contributed by atoms with Gasteiger partial charge in [0, 0.05) is 14.1 Å². The minimum absolute atomic E-state index is 0.183. The highest BCUT2D eigenvalue weighted by atomic mass is 32.2. The van der Waals surface area contributed by atoms with Crippen molar-refractivity contribution in [1.82, 2.24) is 13.9 Å². The van der Waals surface area contributed by atoms with E-state index in [1.807, 2.05) is 45.9 Å². The highest BCUT2D eigenvalue weighted by Crippen LogP contribution is 2.31. The van der Waals surface area contributed by atoms with Gasteiger partial charge in [0.1, 0.15) is 5.82 Å². The molecule has 29 heavy (non-hydrogen) atoms. The molecule has 3 rings (SSSR count). The molecule has 3 aromatic rings. The van der Waals surface area contributed by atoms with E-state index in [2.05, 4.69) is 4.98 Å². The molecule has 1 atom stereocenters. The summed E-state index contributed by atoms with van der Waals surface area (Å²) in [5.41, 5.74) is 2.83. The normalized spacial score (nSPS) is 13.2. The van der Waals surface area contributed by atoms with Crippen LogP contribution in [0.4, 0.5) is 0 Å². The third-order valence-corrected chi connectivity index (χ3v) is 7.56. The fourth-order valence-corrected chi connectivity index (χ4v) is 5.82. The Hall–Kier alpha value is -2.51. The molecule has 0 spiro atoms. The minimum atomic E-state index is -3.78. The number of para-hydroxylation sites is 1. The molecule has 0 amide bonds. The van der Waals surface area contributed by atoms with Crippen molar-refractivity contribution in [3.05, 3.63) is 69.3 Å². The van der Waals surface area contributed by atoms with E-state index in [1.165, 1.54) is 8.87 Å². The first-order chi connectivity index (χ1) is 13.6. The Labute approximate surface area is 171 Å². The van der Waals surface area contributed by atoms with Crippen molar-refractivity contribution < 1.29 is 8.42 Å². The van der Waals surface area contributed by atoms with E-state index in [1.54, 1.807) is 32.3 Å². The number of hydrogen-bond donors (Lipinski definition) is 0. The Kier molecular flexibility index (Phi) is 5.65. The molecular formula is C22H27N3O3S. The molecule has 0 aliphatic carbocycles. The third-order valence-electron chi connectivity index (χ3n) is 5.38. The zero-order valence-corrected chi connectivity index (χ0v) is 18.5. The molecule has 1 heterocycles. The van der Waals surface area contributed by atoms with Crippen molar-refractivity contribution in [2.45, 2.75) is 45.1 Å². The predicted molar refractivity (Wildman–Crippen MR) is 116 cm³/mol. The summed E-state index contributed by atoms with van der Waals surface area (Å²) in [4.78, 5) is 17.8. The maximum atomic E-state index is 13.5. The SMILES string of the molecule is CCC(c1nc2ccccc2c(=O)n1C)N(C)S(=O)(=O)c1c(C)cc(C)cc1C. The molecule has 0 saturated heterocycles. The van der Waals surface area contributed by atoms with Crippen LogP contribution in [0.1, 0.15) is 41.9 Å². The van der Waals surface area contributed by atoms with E-state index in [4.69, 9.17) is 0 Å². The molecule has 0 aliphatic rings. The average Bonchev–Trinajstić information content (AvgIpc) is 2.65. The van der Waals surface area contributed by atoms with Gasteiger partial charge in [0.15, 0.2) is 0 Å². The van der Waals surface area contributed by atoms with Gasteiger partial charge in [-0.1, -0.05) is 36.8 Å². The minimum Gasteiger partial charge on any atom is -0.298 e. The summed E-state index contributed by atoms with van der Waals surface area (Å²) in [5.74, 6) is 0.435. The lowest BCUT2D eigenvalue weighted by Gasteiger charge is -2.28. The largest absolute Gasteiger partial charge is 0.298 e. The number of aromatic nitrogens is 2. The van der Waals surface area contributed by atoms with Crippen molar-refractivity contribution in [3.8, 4) is 0 Å². The Balaban J connectivity index is 2.18. The zero-order chi connectivity index (χ0) is 21.5. The van der Waals surface area contributed by atoms with E-state index in [-0.39, 0.29) is 5.56 Å². The summed E-state index contributed by atoms with van der Waals surface area (Å²) in [6, 6.07) is 10.3. The topological polar surface area (TPSA) is 72.3 Å².